The first-order chi connectivity index (χ1) is 6.74. The Hall–Kier alpha value is -0.780. The molecule has 0 radical (unpaired) electrons. The Morgan fingerprint density at radius 2 is 1.93 bits per heavy atom. The van der Waals surface area contributed by atoms with Crippen molar-refractivity contribution in [2.75, 3.05) is 0 Å². The van der Waals surface area contributed by atoms with Crippen molar-refractivity contribution in [2.45, 2.75) is 18.9 Å². The van der Waals surface area contributed by atoms with Crippen molar-refractivity contribution in [1.29, 1.82) is 0 Å². The maximum absolute atomic E-state index is 11.1. The highest BCUT2D eigenvalue weighted by Crippen LogP contribution is 2.24. The number of carbonyl (C=O) groups is 1. The van der Waals surface area contributed by atoms with E-state index >= 15 is 0 Å². The van der Waals surface area contributed by atoms with Crippen molar-refractivity contribution in [3.63, 3.8) is 0 Å². The van der Waals surface area contributed by atoms with Crippen molar-refractivity contribution >= 4 is 28.7 Å². The Morgan fingerprint density at radius 1 is 1.29 bits per heavy atom. The Labute approximate surface area is 95.5 Å². The fourth-order valence-corrected chi connectivity index (χ4v) is 1.30. The fourth-order valence-electron chi connectivity index (χ4n) is 0.945. The summed E-state index contributed by atoms with van der Waals surface area (Å²) in [6.45, 7) is 0. The number of carbonyl (C=O) groups excluding carboxylic acids is 1. The Morgan fingerprint density at radius 3 is 2.50 bits per heavy atom. The molecule has 1 aromatic rings. The molecule has 1 saturated carbocycles. The highest BCUT2D eigenvalue weighted by atomic mass is 127. The van der Waals surface area contributed by atoms with Crippen LogP contribution in [-0.2, 0) is 4.74 Å². The van der Waals surface area contributed by atoms with Gasteiger partial charge in [0, 0.05) is 3.57 Å². The van der Waals surface area contributed by atoms with Gasteiger partial charge in [-0.05, 0) is 59.7 Å². The van der Waals surface area contributed by atoms with E-state index in [0.29, 0.717) is 5.75 Å². The molecule has 0 N–H and O–H groups in total. The third-order valence-corrected chi connectivity index (χ3v) is 2.52. The molecular formula is C10H9IO3. The molecule has 0 bridgehead atoms. The minimum Gasteiger partial charge on any atom is -0.431 e. The molecule has 1 aromatic carbocycles. The molecule has 0 unspecified atom stereocenters. The van der Waals surface area contributed by atoms with Gasteiger partial charge < -0.3 is 9.47 Å². The van der Waals surface area contributed by atoms with E-state index in [-0.39, 0.29) is 6.10 Å². The molecule has 0 spiro atoms. The van der Waals surface area contributed by atoms with Gasteiger partial charge in [0.2, 0.25) is 0 Å². The summed E-state index contributed by atoms with van der Waals surface area (Å²) in [6.07, 6.45) is 1.41. The maximum atomic E-state index is 11.1. The SMILES string of the molecule is O=C(Oc1ccc(I)cc1)OC1CC1. The number of benzene rings is 1. The van der Waals surface area contributed by atoms with Crippen LogP contribution in [0.25, 0.3) is 0 Å². The molecule has 0 saturated heterocycles. The van der Waals surface area contributed by atoms with Gasteiger partial charge in [-0.25, -0.2) is 4.79 Å². The smallest absolute Gasteiger partial charge is 0.431 e. The van der Waals surface area contributed by atoms with Gasteiger partial charge in [-0.1, -0.05) is 0 Å². The van der Waals surface area contributed by atoms with Crippen molar-refractivity contribution in [3.05, 3.63) is 27.8 Å². The third-order valence-electron chi connectivity index (χ3n) is 1.80. The highest BCUT2D eigenvalue weighted by Gasteiger charge is 2.26. The lowest BCUT2D eigenvalue weighted by molar-refractivity contribution is 0.0925. The summed E-state index contributed by atoms with van der Waals surface area (Å²) in [5, 5.41) is 0. The Balaban J connectivity index is 1.89. The molecule has 1 aliphatic carbocycles. The van der Waals surface area contributed by atoms with Gasteiger partial charge >= 0.3 is 6.16 Å². The monoisotopic (exact) mass is 304 g/mol. The molecule has 2 rings (SSSR count). The van der Waals surface area contributed by atoms with Crippen LogP contribution in [0.15, 0.2) is 24.3 Å². The lowest BCUT2D eigenvalue weighted by atomic mass is 10.3. The first kappa shape index (κ1) is 9.76. The second kappa shape index (κ2) is 4.16. The highest BCUT2D eigenvalue weighted by molar-refractivity contribution is 14.1. The average Bonchev–Trinajstić information content (AvgIpc) is 2.93. The molecule has 0 amide bonds. The average molecular weight is 304 g/mol. The number of halogens is 1. The quantitative estimate of drug-likeness (QED) is 0.479. The molecule has 3 nitrogen and oxygen atoms in total. The largest absolute Gasteiger partial charge is 0.514 e. The Bertz CT molecular complexity index is 330. The predicted molar refractivity (Wildman–Crippen MR) is 59.3 cm³/mol. The zero-order chi connectivity index (χ0) is 9.97. The van der Waals surface area contributed by atoms with Gasteiger partial charge in [0.1, 0.15) is 11.9 Å². The van der Waals surface area contributed by atoms with Crippen LogP contribution in [0.5, 0.6) is 5.75 Å². The standard InChI is InChI=1S/C10H9IO3/c11-7-1-3-8(4-2-7)13-10(12)14-9-5-6-9/h1-4,9H,5-6H2. The minimum atomic E-state index is -0.603. The normalized spacial score (nSPS) is 14.9. The molecule has 74 valence electrons. The van der Waals surface area contributed by atoms with Crippen molar-refractivity contribution in [1.82, 2.24) is 0 Å². The number of rotatable bonds is 2. The van der Waals surface area contributed by atoms with Gasteiger partial charge in [-0.2, -0.15) is 0 Å². The summed E-state index contributed by atoms with van der Waals surface area (Å²) in [5.74, 6) is 0.524. The molecule has 0 aromatic heterocycles. The second-order valence-electron chi connectivity index (χ2n) is 3.12. The van der Waals surface area contributed by atoms with Crippen LogP contribution in [0.4, 0.5) is 4.79 Å². The molecule has 4 heteroatoms. The summed E-state index contributed by atoms with van der Waals surface area (Å²) in [6, 6.07) is 7.24. The summed E-state index contributed by atoms with van der Waals surface area (Å²) < 4.78 is 11.0. The van der Waals surface area contributed by atoms with E-state index in [2.05, 4.69) is 22.6 Å². The van der Waals surface area contributed by atoms with E-state index in [0.717, 1.165) is 16.4 Å². The molecule has 14 heavy (non-hydrogen) atoms. The van der Waals surface area contributed by atoms with E-state index < -0.39 is 6.16 Å². The summed E-state index contributed by atoms with van der Waals surface area (Å²) >= 11 is 2.19. The topological polar surface area (TPSA) is 35.5 Å². The third kappa shape index (κ3) is 2.87. The van der Waals surface area contributed by atoms with Crippen molar-refractivity contribution in [3.8, 4) is 5.75 Å². The lowest BCUT2D eigenvalue weighted by Gasteiger charge is -2.03. The van der Waals surface area contributed by atoms with Gasteiger partial charge in [-0.3, -0.25) is 0 Å². The first-order valence-electron chi connectivity index (χ1n) is 4.38. The fraction of sp³-hybridized carbons (Fsp3) is 0.300. The zero-order valence-electron chi connectivity index (χ0n) is 7.40. The lowest BCUT2D eigenvalue weighted by Crippen LogP contribution is -2.11. The van der Waals surface area contributed by atoms with E-state index in [1.165, 1.54) is 0 Å². The number of ether oxygens (including phenoxy) is 2. The molecule has 1 fully saturated rings. The van der Waals surface area contributed by atoms with Crippen molar-refractivity contribution < 1.29 is 14.3 Å². The van der Waals surface area contributed by atoms with Gasteiger partial charge in [0.05, 0.1) is 0 Å². The second-order valence-corrected chi connectivity index (χ2v) is 4.37. The molecule has 0 heterocycles. The Kier molecular flexibility index (Phi) is 2.90. The van der Waals surface area contributed by atoms with Crippen LogP contribution in [0.3, 0.4) is 0 Å². The van der Waals surface area contributed by atoms with Gasteiger partial charge in [0.25, 0.3) is 0 Å². The predicted octanol–water partition coefficient (Wildman–Crippen LogP) is 2.97. The van der Waals surface area contributed by atoms with Crippen LogP contribution in [-0.4, -0.2) is 12.3 Å². The van der Waals surface area contributed by atoms with Crippen molar-refractivity contribution in [2.24, 2.45) is 0 Å². The summed E-state index contributed by atoms with van der Waals surface area (Å²) in [4.78, 5) is 11.1. The molecule has 0 aliphatic heterocycles. The maximum Gasteiger partial charge on any atom is 0.514 e. The first-order valence-corrected chi connectivity index (χ1v) is 5.46. The minimum absolute atomic E-state index is 0.0892. The van der Waals surface area contributed by atoms with E-state index in [1.807, 2.05) is 12.1 Å². The zero-order valence-corrected chi connectivity index (χ0v) is 9.56. The van der Waals surface area contributed by atoms with Crippen LogP contribution >= 0.6 is 22.6 Å². The summed E-state index contributed by atoms with van der Waals surface area (Å²) in [5.41, 5.74) is 0. The molecule has 0 atom stereocenters. The molecular weight excluding hydrogens is 295 g/mol. The van der Waals surface area contributed by atoms with Crippen LogP contribution in [0, 0.1) is 3.57 Å². The van der Waals surface area contributed by atoms with E-state index in [4.69, 9.17) is 9.47 Å². The molecule has 1 aliphatic rings. The van der Waals surface area contributed by atoms with Gasteiger partial charge in [-0.15, -0.1) is 0 Å². The van der Waals surface area contributed by atoms with Crippen LogP contribution < -0.4 is 4.74 Å². The van der Waals surface area contributed by atoms with Crippen LogP contribution in [0.2, 0.25) is 0 Å². The van der Waals surface area contributed by atoms with Crippen LogP contribution in [0.1, 0.15) is 12.8 Å². The van der Waals surface area contributed by atoms with E-state index in [9.17, 15) is 4.79 Å². The van der Waals surface area contributed by atoms with Gasteiger partial charge in [0.15, 0.2) is 0 Å². The van der Waals surface area contributed by atoms with E-state index in [1.54, 1.807) is 12.1 Å². The number of hydrogen-bond acceptors (Lipinski definition) is 3. The number of hydrogen-bond donors (Lipinski definition) is 0. The summed E-state index contributed by atoms with van der Waals surface area (Å²) in [7, 11) is 0.